The molecule has 0 saturated heterocycles. The lowest BCUT2D eigenvalue weighted by Crippen LogP contribution is -2.12. The molecule has 0 fully saturated rings. The Morgan fingerprint density at radius 3 is 2.00 bits per heavy atom. The zero-order chi connectivity index (χ0) is 15.5. The standard InChI is InChI=1S/C14H13OPS.C3H9N/c15-10-12-6-8-14(9-7-12)16(11-17)13-4-2-1-3-5-13;1-3-4-2/h1-10,17H,11H2;4H,3H2,1-2H3. The van der Waals surface area contributed by atoms with E-state index in [4.69, 9.17) is 0 Å². The zero-order valence-electron chi connectivity index (χ0n) is 12.5. The summed E-state index contributed by atoms with van der Waals surface area (Å²) in [5.74, 6) is 0. The molecule has 21 heavy (non-hydrogen) atoms. The lowest BCUT2D eigenvalue weighted by molar-refractivity contribution is 0.112. The number of carbonyl (C=O) groups excluding carboxylic acids is 1. The summed E-state index contributed by atoms with van der Waals surface area (Å²) in [7, 11) is 1.51. The van der Waals surface area contributed by atoms with Crippen molar-refractivity contribution in [2.75, 3.05) is 19.1 Å². The molecule has 0 aliphatic carbocycles. The Labute approximate surface area is 134 Å². The highest BCUT2D eigenvalue weighted by Gasteiger charge is 2.11. The van der Waals surface area contributed by atoms with Gasteiger partial charge in [-0.25, -0.2) is 0 Å². The first-order valence-corrected chi connectivity index (χ1v) is 9.06. The van der Waals surface area contributed by atoms with Gasteiger partial charge in [0.15, 0.2) is 0 Å². The Balaban J connectivity index is 0.000000491. The maximum absolute atomic E-state index is 10.6. The van der Waals surface area contributed by atoms with E-state index in [1.54, 1.807) is 0 Å². The van der Waals surface area contributed by atoms with Crippen LogP contribution in [0.25, 0.3) is 0 Å². The average Bonchev–Trinajstić information content (AvgIpc) is 2.57. The van der Waals surface area contributed by atoms with Crippen molar-refractivity contribution in [3.63, 3.8) is 0 Å². The second kappa shape index (κ2) is 10.6. The van der Waals surface area contributed by atoms with Crippen LogP contribution in [0.5, 0.6) is 0 Å². The molecule has 0 spiro atoms. The maximum atomic E-state index is 10.6. The fraction of sp³-hybridized carbons (Fsp3) is 0.235. The third kappa shape index (κ3) is 6.01. The summed E-state index contributed by atoms with van der Waals surface area (Å²) in [6.45, 7) is 3.14. The molecule has 1 N–H and O–H groups in total. The van der Waals surface area contributed by atoms with Crippen LogP contribution in [0.4, 0.5) is 0 Å². The van der Waals surface area contributed by atoms with Crippen molar-refractivity contribution in [2.45, 2.75) is 6.92 Å². The molecule has 0 aliphatic heterocycles. The summed E-state index contributed by atoms with van der Waals surface area (Å²) in [6.07, 6.45) is 0.870. The Morgan fingerprint density at radius 2 is 1.57 bits per heavy atom. The van der Waals surface area contributed by atoms with Crippen molar-refractivity contribution in [2.24, 2.45) is 0 Å². The molecule has 2 rings (SSSR count). The van der Waals surface area contributed by atoms with E-state index < -0.39 is 7.92 Å². The highest BCUT2D eigenvalue weighted by Crippen LogP contribution is 2.34. The Bertz CT molecular complexity index is 514. The number of nitrogens with one attached hydrogen (secondary N) is 1. The molecule has 0 amide bonds. The summed E-state index contributed by atoms with van der Waals surface area (Å²) < 4.78 is 0. The van der Waals surface area contributed by atoms with E-state index in [1.165, 1.54) is 10.6 Å². The third-order valence-corrected chi connectivity index (χ3v) is 5.88. The molecular formula is C17H22NOPS. The van der Waals surface area contributed by atoms with Gasteiger partial charge >= 0.3 is 0 Å². The molecule has 0 aliphatic rings. The van der Waals surface area contributed by atoms with Gasteiger partial charge in [0.1, 0.15) is 6.29 Å². The average molecular weight is 319 g/mol. The van der Waals surface area contributed by atoms with E-state index in [2.05, 4.69) is 37.0 Å². The maximum Gasteiger partial charge on any atom is 0.150 e. The normalized spacial score (nSPS) is 11.2. The van der Waals surface area contributed by atoms with Crippen molar-refractivity contribution >= 4 is 37.4 Å². The monoisotopic (exact) mass is 319 g/mol. The van der Waals surface area contributed by atoms with Crippen molar-refractivity contribution < 1.29 is 4.79 Å². The van der Waals surface area contributed by atoms with Gasteiger partial charge in [0.25, 0.3) is 0 Å². The van der Waals surface area contributed by atoms with Crippen LogP contribution in [0.15, 0.2) is 54.6 Å². The van der Waals surface area contributed by atoms with Gasteiger partial charge in [-0.15, -0.1) is 0 Å². The highest BCUT2D eigenvalue weighted by atomic mass is 32.1. The molecule has 2 nitrogen and oxygen atoms in total. The molecule has 1 atom stereocenters. The SMILES string of the molecule is CCNC.O=Cc1ccc(P(CS)c2ccccc2)cc1. The van der Waals surface area contributed by atoms with Crippen LogP contribution in [0, 0.1) is 0 Å². The van der Waals surface area contributed by atoms with E-state index in [9.17, 15) is 4.79 Å². The molecule has 0 heterocycles. The Morgan fingerprint density at radius 1 is 1.05 bits per heavy atom. The van der Waals surface area contributed by atoms with Gasteiger partial charge in [-0.3, -0.25) is 4.79 Å². The first-order valence-electron chi connectivity index (χ1n) is 6.90. The number of hydrogen-bond donors (Lipinski definition) is 2. The first-order chi connectivity index (χ1) is 10.3. The number of hydrogen-bond acceptors (Lipinski definition) is 3. The molecule has 4 heteroatoms. The van der Waals surface area contributed by atoms with Crippen LogP contribution >= 0.6 is 20.6 Å². The molecule has 0 aromatic heterocycles. The minimum Gasteiger partial charge on any atom is -0.320 e. The van der Waals surface area contributed by atoms with E-state index in [-0.39, 0.29) is 0 Å². The summed E-state index contributed by atoms with van der Waals surface area (Å²) in [5.41, 5.74) is 1.54. The van der Waals surface area contributed by atoms with Crippen molar-refractivity contribution in [1.82, 2.24) is 5.32 Å². The van der Waals surface area contributed by atoms with Gasteiger partial charge in [-0.2, -0.15) is 12.6 Å². The van der Waals surface area contributed by atoms with Gasteiger partial charge < -0.3 is 5.32 Å². The number of rotatable bonds is 5. The van der Waals surface area contributed by atoms with E-state index in [0.29, 0.717) is 0 Å². The molecule has 0 bridgehead atoms. The van der Waals surface area contributed by atoms with Crippen LogP contribution < -0.4 is 15.9 Å². The van der Waals surface area contributed by atoms with Crippen LogP contribution in [0.2, 0.25) is 0 Å². The number of benzene rings is 2. The molecular weight excluding hydrogens is 297 g/mol. The van der Waals surface area contributed by atoms with Gasteiger partial charge in [0.05, 0.1) is 0 Å². The van der Waals surface area contributed by atoms with E-state index in [0.717, 1.165) is 23.9 Å². The Kier molecular flexibility index (Phi) is 9.00. The van der Waals surface area contributed by atoms with Crippen molar-refractivity contribution in [3.05, 3.63) is 60.2 Å². The zero-order valence-corrected chi connectivity index (χ0v) is 14.3. The van der Waals surface area contributed by atoms with Gasteiger partial charge in [0.2, 0.25) is 0 Å². The largest absolute Gasteiger partial charge is 0.320 e. The summed E-state index contributed by atoms with van der Waals surface area (Å²) >= 11 is 4.45. The van der Waals surface area contributed by atoms with E-state index >= 15 is 0 Å². The van der Waals surface area contributed by atoms with E-state index in [1.807, 2.05) is 49.5 Å². The summed E-state index contributed by atoms with van der Waals surface area (Å²) in [4.78, 5) is 10.6. The van der Waals surface area contributed by atoms with Gasteiger partial charge in [-0.1, -0.05) is 61.5 Å². The fourth-order valence-corrected chi connectivity index (χ4v) is 4.30. The Hall–Kier alpha value is -1.15. The second-order valence-electron chi connectivity index (χ2n) is 4.32. The van der Waals surface area contributed by atoms with Crippen LogP contribution in [0.1, 0.15) is 17.3 Å². The van der Waals surface area contributed by atoms with Crippen molar-refractivity contribution in [1.29, 1.82) is 0 Å². The molecule has 2 aromatic carbocycles. The minimum atomic E-state index is -0.418. The van der Waals surface area contributed by atoms with Crippen LogP contribution in [0.3, 0.4) is 0 Å². The third-order valence-electron chi connectivity index (χ3n) is 2.90. The number of aldehydes is 1. The van der Waals surface area contributed by atoms with Crippen LogP contribution in [-0.2, 0) is 0 Å². The fourth-order valence-electron chi connectivity index (χ4n) is 1.65. The quantitative estimate of drug-likeness (QED) is 0.504. The first kappa shape index (κ1) is 17.9. The number of thiol groups is 1. The predicted octanol–water partition coefficient (Wildman–Crippen LogP) is 3.04. The van der Waals surface area contributed by atoms with Crippen molar-refractivity contribution in [3.8, 4) is 0 Å². The molecule has 112 valence electrons. The summed E-state index contributed by atoms with van der Waals surface area (Å²) in [6, 6.07) is 18.2. The number of carbonyl (C=O) groups is 1. The molecule has 1 unspecified atom stereocenters. The van der Waals surface area contributed by atoms with Gasteiger partial charge in [0, 0.05) is 11.1 Å². The summed E-state index contributed by atoms with van der Waals surface area (Å²) in [5, 5.41) is 5.50. The topological polar surface area (TPSA) is 29.1 Å². The predicted molar refractivity (Wildman–Crippen MR) is 97.9 cm³/mol. The molecule has 2 aromatic rings. The lowest BCUT2D eigenvalue weighted by atomic mass is 10.2. The van der Waals surface area contributed by atoms with Crippen LogP contribution in [-0.4, -0.2) is 25.4 Å². The molecule has 0 radical (unpaired) electrons. The minimum absolute atomic E-state index is 0.418. The smallest absolute Gasteiger partial charge is 0.150 e. The second-order valence-corrected chi connectivity index (χ2v) is 7.34. The highest BCUT2D eigenvalue weighted by molar-refractivity contribution is 7.93. The van der Waals surface area contributed by atoms with Gasteiger partial charge in [-0.05, 0) is 32.1 Å². The lowest BCUT2D eigenvalue weighted by Gasteiger charge is -2.15. The molecule has 0 saturated carbocycles.